The van der Waals surface area contributed by atoms with E-state index >= 15 is 0 Å². The summed E-state index contributed by atoms with van der Waals surface area (Å²) < 4.78 is 4.61. The quantitative estimate of drug-likeness (QED) is 0.784. The molecule has 0 aliphatic heterocycles. The van der Waals surface area contributed by atoms with Crippen LogP contribution in [0.3, 0.4) is 0 Å². The molecule has 0 unspecified atom stereocenters. The van der Waals surface area contributed by atoms with Gasteiger partial charge in [-0.2, -0.15) is 4.37 Å². The molecule has 0 bridgehead atoms. The lowest BCUT2D eigenvalue weighted by Gasteiger charge is -1.91. The maximum Gasteiger partial charge on any atom is 0.179 e. The maximum atomic E-state index is 9.06. The Kier molecular flexibility index (Phi) is 2.81. The van der Waals surface area contributed by atoms with Crippen LogP contribution in [0.5, 0.6) is 5.75 Å². The lowest BCUT2D eigenvalue weighted by Crippen LogP contribution is -1.92. The summed E-state index contributed by atoms with van der Waals surface area (Å²) in [4.78, 5) is 4.27. The van der Waals surface area contributed by atoms with Crippen LogP contribution in [0.2, 0.25) is 5.15 Å². The molecule has 3 nitrogen and oxygen atoms in total. The van der Waals surface area contributed by atoms with E-state index in [1.807, 2.05) is 0 Å². The lowest BCUT2D eigenvalue weighted by molar-refractivity contribution is 0.475. The molecule has 6 heteroatoms. The second kappa shape index (κ2) is 4.08. The largest absolute Gasteiger partial charge is 0.508 e. The van der Waals surface area contributed by atoms with E-state index in [0.29, 0.717) is 9.82 Å². The van der Waals surface area contributed by atoms with Crippen LogP contribution in [-0.2, 0) is 0 Å². The zero-order valence-electron chi connectivity index (χ0n) is 6.85. The van der Waals surface area contributed by atoms with Crippen molar-refractivity contribution in [1.29, 1.82) is 0 Å². The molecule has 0 fully saturated rings. The van der Waals surface area contributed by atoms with Gasteiger partial charge in [-0.3, -0.25) is 0 Å². The summed E-state index contributed by atoms with van der Waals surface area (Å²) in [6, 6.07) is 6.60. The first-order valence-corrected chi connectivity index (χ1v) is 6.19. The number of phenols is 1. The van der Waals surface area contributed by atoms with Crippen molar-refractivity contribution in [3.63, 3.8) is 0 Å². The van der Waals surface area contributed by atoms with Gasteiger partial charge < -0.3 is 5.11 Å². The molecular formula is C8H5ClN2OS2. The summed E-state index contributed by atoms with van der Waals surface area (Å²) in [7, 11) is 2.72. The van der Waals surface area contributed by atoms with Gasteiger partial charge in [-0.1, -0.05) is 11.6 Å². The van der Waals surface area contributed by atoms with E-state index in [-0.39, 0.29) is 5.75 Å². The summed E-state index contributed by atoms with van der Waals surface area (Å²) in [6.45, 7) is 0. The normalized spacial score (nSPS) is 11.9. The molecule has 1 heterocycles. The van der Waals surface area contributed by atoms with Crippen molar-refractivity contribution in [3.05, 3.63) is 34.1 Å². The van der Waals surface area contributed by atoms with E-state index < -0.39 is 0 Å². The number of rotatable bonds is 1. The van der Waals surface area contributed by atoms with Crippen molar-refractivity contribution in [2.24, 2.45) is 4.99 Å². The zero-order valence-corrected chi connectivity index (χ0v) is 9.23. The van der Waals surface area contributed by atoms with Crippen molar-refractivity contribution >= 4 is 38.2 Å². The van der Waals surface area contributed by atoms with Gasteiger partial charge in [-0.15, -0.1) is 0 Å². The molecule has 2 aromatic rings. The van der Waals surface area contributed by atoms with Gasteiger partial charge in [0.2, 0.25) is 0 Å². The number of aromatic nitrogens is 1. The third-order valence-corrected chi connectivity index (χ3v) is 3.66. The van der Waals surface area contributed by atoms with E-state index in [1.54, 1.807) is 24.3 Å². The van der Waals surface area contributed by atoms with Crippen LogP contribution in [0, 0.1) is 0 Å². The molecule has 14 heavy (non-hydrogen) atoms. The second-order valence-corrected chi connectivity index (χ2v) is 4.66. The highest BCUT2D eigenvalue weighted by molar-refractivity contribution is 7.66. The van der Waals surface area contributed by atoms with Crippen LogP contribution < -0.4 is 4.67 Å². The monoisotopic (exact) mass is 244 g/mol. The van der Waals surface area contributed by atoms with E-state index in [4.69, 9.17) is 16.7 Å². The molecule has 1 aromatic heterocycles. The Morgan fingerprint density at radius 3 is 2.57 bits per heavy atom. The number of aromatic hydroxyl groups is 1. The Bertz CT molecular complexity index is 489. The predicted molar refractivity (Wildman–Crippen MR) is 58.3 cm³/mol. The Morgan fingerprint density at radius 2 is 2.00 bits per heavy atom. The number of nitrogens with zero attached hydrogens (tertiary/aromatic N) is 2. The topological polar surface area (TPSA) is 45.5 Å². The number of benzene rings is 1. The zero-order chi connectivity index (χ0) is 9.97. The summed E-state index contributed by atoms with van der Waals surface area (Å²) in [5.41, 5.74) is 0.751. The highest BCUT2D eigenvalue weighted by atomic mass is 35.5. The molecule has 0 atom stereocenters. The minimum Gasteiger partial charge on any atom is -0.508 e. The number of phenolic OH excluding ortho intramolecular Hbond substituents is 1. The first-order valence-electron chi connectivity index (χ1n) is 3.71. The molecular weight excluding hydrogens is 240 g/mol. The Morgan fingerprint density at radius 1 is 1.29 bits per heavy atom. The molecule has 1 N–H and O–H groups in total. The standard InChI is InChI=1S/C8H5ClN2OS2/c9-7-8(13-14-11-7)10-5-1-3-6(12)4-2-5/h1-4,12H/b10-8+. The third kappa shape index (κ3) is 2.12. The van der Waals surface area contributed by atoms with E-state index in [0.717, 1.165) is 5.69 Å². The molecule has 0 saturated heterocycles. The Hall–Kier alpha value is -0.910. The van der Waals surface area contributed by atoms with E-state index in [1.165, 1.54) is 20.9 Å². The van der Waals surface area contributed by atoms with Crippen LogP contribution in [0.1, 0.15) is 0 Å². The SMILES string of the molecule is Oc1ccc(/N=c2/ssnc2Cl)cc1. The summed E-state index contributed by atoms with van der Waals surface area (Å²) in [5.74, 6) is 0.224. The molecule has 72 valence electrons. The predicted octanol–water partition coefficient (Wildman–Crippen LogP) is 2.80. The molecule has 0 spiro atoms. The van der Waals surface area contributed by atoms with Gasteiger partial charge in [0.25, 0.3) is 0 Å². The van der Waals surface area contributed by atoms with Gasteiger partial charge in [0.1, 0.15) is 5.75 Å². The van der Waals surface area contributed by atoms with Gasteiger partial charge in [-0.25, -0.2) is 4.99 Å². The summed E-state index contributed by atoms with van der Waals surface area (Å²) >= 11 is 5.79. The van der Waals surface area contributed by atoms with Crippen molar-refractivity contribution in [1.82, 2.24) is 4.37 Å². The lowest BCUT2D eigenvalue weighted by atomic mass is 10.3. The Labute approximate surface area is 92.5 Å². The van der Waals surface area contributed by atoms with E-state index in [9.17, 15) is 0 Å². The highest BCUT2D eigenvalue weighted by Crippen LogP contribution is 2.17. The van der Waals surface area contributed by atoms with Crippen molar-refractivity contribution in [2.75, 3.05) is 0 Å². The van der Waals surface area contributed by atoms with Gasteiger partial charge in [0, 0.05) is 10.5 Å². The molecule has 0 aliphatic carbocycles. The van der Waals surface area contributed by atoms with Gasteiger partial charge in [0.05, 0.1) is 5.69 Å². The fourth-order valence-electron chi connectivity index (χ4n) is 0.869. The van der Waals surface area contributed by atoms with Crippen molar-refractivity contribution in [2.45, 2.75) is 0 Å². The average molecular weight is 245 g/mol. The third-order valence-electron chi connectivity index (χ3n) is 1.49. The molecule has 1 aromatic carbocycles. The van der Waals surface area contributed by atoms with Crippen LogP contribution in [0.15, 0.2) is 29.3 Å². The number of halogens is 1. The molecule has 2 rings (SSSR count). The van der Waals surface area contributed by atoms with Crippen LogP contribution in [-0.4, -0.2) is 9.48 Å². The molecule has 0 radical (unpaired) electrons. The van der Waals surface area contributed by atoms with Crippen LogP contribution in [0.25, 0.3) is 0 Å². The van der Waals surface area contributed by atoms with Crippen molar-refractivity contribution < 1.29 is 5.11 Å². The highest BCUT2D eigenvalue weighted by Gasteiger charge is 1.96. The fourth-order valence-corrected chi connectivity index (χ4v) is 2.86. The summed E-state index contributed by atoms with van der Waals surface area (Å²) in [6.07, 6.45) is 0. The Balaban J connectivity index is 2.44. The summed E-state index contributed by atoms with van der Waals surface area (Å²) in [5, 5.41) is 9.49. The second-order valence-electron chi connectivity index (χ2n) is 2.47. The number of hydrogen-bond acceptors (Lipinski definition) is 5. The van der Waals surface area contributed by atoms with Gasteiger partial charge in [0.15, 0.2) is 9.82 Å². The minimum atomic E-state index is 0.224. The van der Waals surface area contributed by atoms with Gasteiger partial charge in [-0.05, 0) is 34.6 Å². The fraction of sp³-hybridized carbons (Fsp3) is 0. The van der Waals surface area contributed by atoms with Gasteiger partial charge >= 0.3 is 0 Å². The first-order chi connectivity index (χ1) is 6.75. The van der Waals surface area contributed by atoms with Crippen molar-refractivity contribution in [3.8, 4) is 5.75 Å². The smallest absolute Gasteiger partial charge is 0.179 e. The number of hydrogen-bond donors (Lipinski definition) is 1. The molecule has 0 amide bonds. The average Bonchev–Trinajstić information content (AvgIpc) is 2.56. The first kappa shape index (κ1) is 9.64. The molecule has 0 saturated carbocycles. The van der Waals surface area contributed by atoms with E-state index in [2.05, 4.69) is 9.37 Å². The van der Waals surface area contributed by atoms with Crippen LogP contribution in [0.4, 0.5) is 5.69 Å². The molecule has 0 aliphatic rings. The maximum absolute atomic E-state index is 9.06. The minimum absolute atomic E-state index is 0.224. The van der Waals surface area contributed by atoms with Crippen LogP contribution >= 0.6 is 32.5 Å².